The Kier molecular flexibility index (Phi) is 5.61. The minimum absolute atomic E-state index is 0.138. The summed E-state index contributed by atoms with van der Waals surface area (Å²) < 4.78 is 15.3. The van der Waals surface area contributed by atoms with Crippen molar-refractivity contribution in [3.8, 4) is 0 Å². The molecule has 3 rings (SSSR count). The van der Waals surface area contributed by atoms with Crippen LogP contribution in [-0.2, 0) is 19.1 Å². The van der Waals surface area contributed by atoms with Crippen LogP contribution in [0.3, 0.4) is 0 Å². The first-order valence-electron chi connectivity index (χ1n) is 8.06. The minimum atomic E-state index is -1.25. The van der Waals surface area contributed by atoms with Crippen LogP contribution in [0.5, 0.6) is 0 Å². The number of anilines is 1. The fourth-order valence-electron chi connectivity index (χ4n) is 2.74. The SMILES string of the molecule is COC(=O)C(C(=O)OC)C(Nc1nc2cc(Cl)ccc2o1)c1ccccc1. The Morgan fingerprint density at radius 2 is 1.74 bits per heavy atom. The smallest absolute Gasteiger partial charge is 0.322 e. The third kappa shape index (κ3) is 4.03. The van der Waals surface area contributed by atoms with Crippen LogP contribution in [0.2, 0.25) is 5.02 Å². The molecule has 1 aromatic heterocycles. The molecule has 8 heteroatoms. The molecule has 0 radical (unpaired) electrons. The molecule has 27 heavy (non-hydrogen) atoms. The summed E-state index contributed by atoms with van der Waals surface area (Å²) in [6.07, 6.45) is 0. The fraction of sp³-hybridized carbons (Fsp3) is 0.211. The number of ether oxygens (including phenoxy) is 2. The van der Waals surface area contributed by atoms with Crippen molar-refractivity contribution in [3.05, 3.63) is 59.1 Å². The van der Waals surface area contributed by atoms with Crippen molar-refractivity contribution in [1.82, 2.24) is 4.98 Å². The lowest BCUT2D eigenvalue weighted by molar-refractivity contribution is -0.159. The zero-order chi connectivity index (χ0) is 19.4. The number of halogens is 1. The number of nitrogens with zero attached hydrogens (tertiary/aromatic N) is 1. The van der Waals surface area contributed by atoms with Crippen LogP contribution >= 0.6 is 11.6 Å². The molecule has 0 bridgehead atoms. The fourth-order valence-corrected chi connectivity index (χ4v) is 2.90. The van der Waals surface area contributed by atoms with Gasteiger partial charge in [-0.15, -0.1) is 0 Å². The first kappa shape index (κ1) is 18.7. The van der Waals surface area contributed by atoms with E-state index in [4.69, 9.17) is 25.5 Å². The van der Waals surface area contributed by atoms with E-state index >= 15 is 0 Å². The van der Waals surface area contributed by atoms with Crippen molar-refractivity contribution in [2.24, 2.45) is 5.92 Å². The number of rotatable bonds is 6. The monoisotopic (exact) mass is 388 g/mol. The normalized spacial score (nSPS) is 12.0. The zero-order valence-corrected chi connectivity index (χ0v) is 15.4. The second-order valence-corrected chi connectivity index (χ2v) is 6.12. The highest BCUT2D eigenvalue weighted by Crippen LogP contribution is 2.30. The van der Waals surface area contributed by atoms with Gasteiger partial charge in [-0.3, -0.25) is 9.59 Å². The molecule has 0 saturated heterocycles. The van der Waals surface area contributed by atoms with E-state index in [1.165, 1.54) is 14.2 Å². The van der Waals surface area contributed by atoms with Crippen molar-refractivity contribution in [1.29, 1.82) is 0 Å². The molecule has 0 aliphatic carbocycles. The number of hydrogen-bond donors (Lipinski definition) is 1. The van der Waals surface area contributed by atoms with E-state index in [0.717, 1.165) is 0 Å². The summed E-state index contributed by atoms with van der Waals surface area (Å²) in [5.41, 5.74) is 1.73. The molecule has 0 spiro atoms. The van der Waals surface area contributed by atoms with Gasteiger partial charge in [-0.2, -0.15) is 4.98 Å². The van der Waals surface area contributed by atoms with Crippen molar-refractivity contribution >= 4 is 40.7 Å². The predicted octanol–water partition coefficient (Wildman–Crippen LogP) is 3.60. The van der Waals surface area contributed by atoms with Crippen LogP contribution in [0.25, 0.3) is 11.1 Å². The number of carbonyl (C=O) groups excluding carboxylic acids is 2. The number of aromatic nitrogens is 1. The van der Waals surface area contributed by atoms with E-state index in [2.05, 4.69) is 10.3 Å². The highest BCUT2D eigenvalue weighted by atomic mass is 35.5. The molecule has 1 N–H and O–H groups in total. The average Bonchev–Trinajstić information content (AvgIpc) is 3.09. The van der Waals surface area contributed by atoms with Gasteiger partial charge in [-0.05, 0) is 23.8 Å². The van der Waals surface area contributed by atoms with Gasteiger partial charge in [-0.1, -0.05) is 41.9 Å². The van der Waals surface area contributed by atoms with Gasteiger partial charge in [0.05, 0.1) is 20.3 Å². The lowest BCUT2D eigenvalue weighted by atomic mass is 9.93. The van der Waals surface area contributed by atoms with Crippen molar-refractivity contribution in [3.63, 3.8) is 0 Å². The Bertz CT molecular complexity index is 941. The summed E-state index contributed by atoms with van der Waals surface area (Å²) in [5, 5.41) is 3.53. The summed E-state index contributed by atoms with van der Waals surface area (Å²) in [4.78, 5) is 28.9. The first-order chi connectivity index (χ1) is 13.0. The third-order valence-electron chi connectivity index (χ3n) is 4.03. The largest absolute Gasteiger partial charge is 0.468 e. The molecular formula is C19H17ClN2O5. The Morgan fingerprint density at radius 3 is 2.37 bits per heavy atom. The standard InChI is InChI=1S/C19H17ClN2O5/c1-25-17(23)15(18(24)26-2)16(11-6-4-3-5-7-11)22-19-21-13-10-12(20)8-9-14(13)27-19/h3-10,15-16H,1-2H3,(H,21,22). The molecule has 0 fully saturated rings. The number of fused-ring (bicyclic) bond motifs is 1. The highest BCUT2D eigenvalue weighted by Gasteiger charge is 2.38. The van der Waals surface area contributed by atoms with Gasteiger partial charge < -0.3 is 19.2 Å². The van der Waals surface area contributed by atoms with Gasteiger partial charge in [0.15, 0.2) is 11.5 Å². The molecule has 140 valence electrons. The number of carbonyl (C=O) groups is 2. The maximum atomic E-state index is 12.3. The number of hydrogen-bond acceptors (Lipinski definition) is 7. The van der Waals surface area contributed by atoms with Gasteiger partial charge in [0.2, 0.25) is 0 Å². The maximum Gasteiger partial charge on any atom is 0.322 e. The Balaban J connectivity index is 2.02. The van der Waals surface area contributed by atoms with Crippen molar-refractivity contribution in [2.75, 3.05) is 19.5 Å². The number of oxazole rings is 1. The van der Waals surface area contributed by atoms with E-state index in [9.17, 15) is 9.59 Å². The Labute approximate surface area is 160 Å². The van der Waals surface area contributed by atoms with E-state index in [1.807, 2.05) is 6.07 Å². The van der Waals surface area contributed by atoms with Crippen LogP contribution < -0.4 is 5.32 Å². The quantitative estimate of drug-likeness (QED) is 0.509. The molecule has 7 nitrogen and oxygen atoms in total. The van der Waals surface area contributed by atoms with Crippen molar-refractivity contribution < 1.29 is 23.5 Å². The van der Waals surface area contributed by atoms with E-state index in [-0.39, 0.29) is 6.01 Å². The van der Waals surface area contributed by atoms with Gasteiger partial charge in [0.1, 0.15) is 5.52 Å². The van der Waals surface area contributed by atoms with Crippen LogP contribution in [0.1, 0.15) is 11.6 Å². The lowest BCUT2D eigenvalue weighted by Crippen LogP contribution is -2.36. The van der Waals surface area contributed by atoms with Crippen LogP contribution in [0, 0.1) is 5.92 Å². The second kappa shape index (κ2) is 8.09. The molecule has 2 aromatic carbocycles. The molecule has 0 amide bonds. The van der Waals surface area contributed by atoms with Gasteiger partial charge in [0, 0.05) is 5.02 Å². The molecule has 0 saturated carbocycles. The van der Waals surface area contributed by atoms with Crippen LogP contribution in [0.4, 0.5) is 6.01 Å². The second-order valence-electron chi connectivity index (χ2n) is 5.69. The minimum Gasteiger partial charge on any atom is -0.468 e. The summed E-state index contributed by atoms with van der Waals surface area (Å²) in [7, 11) is 2.42. The molecule has 1 unspecified atom stereocenters. The third-order valence-corrected chi connectivity index (χ3v) is 4.27. The Hall–Kier alpha value is -3.06. The van der Waals surface area contributed by atoms with E-state index < -0.39 is 23.9 Å². The first-order valence-corrected chi connectivity index (χ1v) is 8.44. The number of methoxy groups -OCH3 is 2. The average molecular weight is 389 g/mol. The number of benzene rings is 2. The highest BCUT2D eigenvalue weighted by molar-refractivity contribution is 6.31. The Morgan fingerprint density at radius 1 is 1.07 bits per heavy atom. The summed E-state index contributed by atoms with van der Waals surface area (Å²) >= 11 is 5.98. The van der Waals surface area contributed by atoms with Crippen molar-refractivity contribution in [2.45, 2.75) is 6.04 Å². The summed E-state index contributed by atoms with van der Waals surface area (Å²) in [5.74, 6) is -2.72. The zero-order valence-electron chi connectivity index (χ0n) is 14.6. The van der Waals surface area contributed by atoms with Gasteiger partial charge in [0.25, 0.3) is 6.01 Å². The van der Waals surface area contributed by atoms with Crippen LogP contribution in [-0.4, -0.2) is 31.1 Å². The molecule has 0 aliphatic rings. The molecule has 1 atom stereocenters. The predicted molar refractivity (Wildman–Crippen MR) is 99.3 cm³/mol. The molecule has 1 heterocycles. The number of esters is 2. The molecular weight excluding hydrogens is 372 g/mol. The topological polar surface area (TPSA) is 90.7 Å². The maximum absolute atomic E-state index is 12.3. The van der Waals surface area contributed by atoms with Gasteiger partial charge in [-0.25, -0.2) is 0 Å². The lowest BCUT2D eigenvalue weighted by Gasteiger charge is -2.24. The summed E-state index contributed by atoms with van der Waals surface area (Å²) in [6.45, 7) is 0. The summed E-state index contributed by atoms with van der Waals surface area (Å²) in [6, 6.07) is 13.3. The van der Waals surface area contributed by atoms with E-state index in [0.29, 0.717) is 21.7 Å². The van der Waals surface area contributed by atoms with Crippen LogP contribution in [0.15, 0.2) is 52.9 Å². The van der Waals surface area contributed by atoms with E-state index in [1.54, 1.807) is 42.5 Å². The van der Waals surface area contributed by atoms with Gasteiger partial charge >= 0.3 is 11.9 Å². The molecule has 3 aromatic rings. The number of nitrogens with one attached hydrogen (secondary N) is 1. The molecule has 0 aliphatic heterocycles.